The summed E-state index contributed by atoms with van der Waals surface area (Å²) in [5, 5.41) is 0. The summed E-state index contributed by atoms with van der Waals surface area (Å²) in [6.45, 7) is 6.63. The molecule has 0 heterocycles. The molecule has 0 bridgehead atoms. The molecule has 1 spiro atoms. The van der Waals surface area contributed by atoms with E-state index in [0.29, 0.717) is 12.2 Å². The molecule has 0 aromatic heterocycles. The Bertz CT molecular complexity index is 501. The van der Waals surface area contributed by atoms with Crippen molar-refractivity contribution in [2.24, 2.45) is 5.41 Å². The molecule has 1 unspecified atom stereocenters. The number of benzene rings is 1. The zero-order chi connectivity index (χ0) is 14.4. The lowest BCUT2D eigenvalue weighted by Gasteiger charge is -2.44. The van der Waals surface area contributed by atoms with Crippen LogP contribution in [0.25, 0.3) is 0 Å². The van der Waals surface area contributed by atoms with Crippen LogP contribution in [0.5, 0.6) is 5.75 Å². The average Bonchev–Trinajstić information content (AvgIpc) is 2.90. The van der Waals surface area contributed by atoms with Crippen molar-refractivity contribution in [3.05, 3.63) is 29.8 Å². The Morgan fingerprint density at radius 3 is 2.20 bits per heavy atom. The predicted octanol–water partition coefficient (Wildman–Crippen LogP) is 4.26. The van der Waals surface area contributed by atoms with E-state index in [2.05, 4.69) is 32.9 Å². The van der Waals surface area contributed by atoms with Crippen LogP contribution in [-0.2, 0) is 10.2 Å². The standard InChI is InChI=1S/C18H24O2/c1-17(2,3)13-6-8-14(9-7-13)20-16-12-15(19)18(16)10-4-5-11-18/h6-9,16H,4-5,10-12H2,1-3H3. The summed E-state index contributed by atoms with van der Waals surface area (Å²) in [5.74, 6) is 1.33. The number of carbonyl (C=O) groups excluding carboxylic acids is 1. The summed E-state index contributed by atoms with van der Waals surface area (Å²) >= 11 is 0. The van der Waals surface area contributed by atoms with Crippen molar-refractivity contribution in [3.8, 4) is 5.75 Å². The molecule has 1 aromatic carbocycles. The molecule has 2 aliphatic rings. The fourth-order valence-electron chi connectivity index (χ4n) is 3.57. The van der Waals surface area contributed by atoms with E-state index in [-0.39, 0.29) is 16.9 Å². The lowest BCUT2D eigenvalue weighted by atomic mass is 9.63. The second-order valence-electron chi connectivity index (χ2n) is 7.37. The summed E-state index contributed by atoms with van der Waals surface area (Å²) in [4.78, 5) is 12.0. The molecule has 3 rings (SSSR count). The third-order valence-corrected chi connectivity index (χ3v) is 5.04. The first-order valence-corrected chi connectivity index (χ1v) is 7.72. The summed E-state index contributed by atoms with van der Waals surface area (Å²) < 4.78 is 6.11. The number of Topliss-reactive ketones (excluding diaryl/α,β-unsaturated/α-hetero) is 1. The second-order valence-corrected chi connectivity index (χ2v) is 7.37. The van der Waals surface area contributed by atoms with Crippen LogP contribution in [0.3, 0.4) is 0 Å². The van der Waals surface area contributed by atoms with Gasteiger partial charge in [-0.2, -0.15) is 0 Å². The molecule has 2 aliphatic carbocycles. The quantitative estimate of drug-likeness (QED) is 0.804. The highest BCUT2D eigenvalue weighted by Crippen LogP contribution is 2.52. The predicted molar refractivity (Wildman–Crippen MR) is 80.1 cm³/mol. The number of hydrogen-bond acceptors (Lipinski definition) is 2. The van der Waals surface area contributed by atoms with Crippen molar-refractivity contribution in [1.29, 1.82) is 0 Å². The summed E-state index contributed by atoms with van der Waals surface area (Å²) in [6, 6.07) is 8.37. The molecule has 1 aromatic rings. The third kappa shape index (κ3) is 2.15. The molecule has 20 heavy (non-hydrogen) atoms. The maximum atomic E-state index is 12.0. The summed E-state index contributed by atoms with van der Waals surface area (Å²) in [7, 11) is 0. The van der Waals surface area contributed by atoms with Crippen LogP contribution < -0.4 is 4.74 Å². The molecule has 0 radical (unpaired) electrons. The highest BCUT2D eigenvalue weighted by atomic mass is 16.5. The molecule has 0 saturated heterocycles. The Kier molecular flexibility index (Phi) is 3.15. The van der Waals surface area contributed by atoms with Gasteiger partial charge in [0.05, 0.1) is 5.41 Å². The molecule has 2 saturated carbocycles. The minimum atomic E-state index is -0.136. The number of ether oxygens (including phenoxy) is 1. The van der Waals surface area contributed by atoms with Crippen LogP contribution in [0, 0.1) is 5.41 Å². The minimum Gasteiger partial charge on any atom is -0.489 e. The highest BCUT2D eigenvalue weighted by molar-refractivity contribution is 5.92. The van der Waals surface area contributed by atoms with Gasteiger partial charge in [-0.1, -0.05) is 45.7 Å². The Balaban J connectivity index is 1.71. The smallest absolute Gasteiger partial charge is 0.146 e. The first-order valence-electron chi connectivity index (χ1n) is 7.72. The van der Waals surface area contributed by atoms with Gasteiger partial charge in [0.15, 0.2) is 0 Å². The number of hydrogen-bond donors (Lipinski definition) is 0. The van der Waals surface area contributed by atoms with E-state index < -0.39 is 0 Å². The first-order chi connectivity index (χ1) is 9.42. The molecule has 1 atom stereocenters. The van der Waals surface area contributed by atoms with Crippen molar-refractivity contribution < 1.29 is 9.53 Å². The lowest BCUT2D eigenvalue weighted by molar-refractivity contribution is -0.151. The lowest BCUT2D eigenvalue weighted by Crippen LogP contribution is -2.55. The zero-order valence-corrected chi connectivity index (χ0v) is 12.7. The van der Waals surface area contributed by atoms with E-state index in [4.69, 9.17) is 4.74 Å². The zero-order valence-electron chi connectivity index (χ0n) is 12.7. The van der Waals surface area contributed by atoms with Crippen LogP contribution in [-0.4, -0.2) is 11.9 Å². The Morgan fingerprint density at radius 2 is 1.70 bits per heavy atom. The molecule has 2 heteroatoms. The van der Waals surface area contributed by atoms with Crippen molar-refractivity contribution in [3.63, 3.8) is 0 Å². The van der Waals surface area contributed by atoms with Crippen molar-refractivity contribution in [1.82, 2.24) is 0 Å². The van der Waals surface area contributed by atoms with Gasteiger partial charge < -0.3 is 4.74 Å². The Morgan fingerprint density at radius 1 is 1.10 bits per heavy atom. The maximum absolute atomic E-state index is 12.0. The summed E-state index contributed by atoms with van der Waals surface area (Å²) in [5.41, 5.74) is 1.34. The van der Waals surface area contributed by atoms with E-state index in [1.165, 1.54) is 18.4 Å². The number of rotatable bonds is 2. The molecule has 2 nitrogen and oxygen atoms in total. The van der Waals surface area contributed by atoms with Crippen LogP contribution in [0.2, 0.25) is 0 Å². The third-order valence-electron chi connectivity index (χ3n) is 5.04. The monoisotopic (exact) mass is 272 g/mol. The fourth-order valence-corrected chi connectivity index (χ4v) is 3.57. The van der Waals surface area contributed by atoms with Crippen LogP contribution in [0.15, 0.2) is 24.3 Å². The van der Waals surface area contributed by atoms with E-state index in [1.807, 2.05) is 12.1 Å². The van der Waals surface area contributed by atoms with Crippen LogP contribution in [0.1, 0.15) is 58.4 Å². The van der Waals surface area contributed by atoms with Gasteiger partial charge in [-0.05, 0) is 36.0 Å². The van der Waals surface area contributed by atoms with Gasteiger partial charge >= 0.3 is 0 Å². The van der Waals surface area contributed by atoms with E-state index >= 15 is 0 Å². The topological polar surface area (TPSA) is 26.3 Å². The molecular formula is C18H24O2. The van der Waals surface area contributed by atoms with Crippen molar-refractivity contribution in [2.75, 3.05) is 0 Å². The average molecular weight is 272 g/mol. The SMILES string of the molecule is CC(C)(C)c1ccc(OC2CC(=O)C23CCCC3)cc1. The van der Waals surface area contributed by atoms with Crippen LogP contribution in [0.4, 0.5) is 0 Å². The van der Waals surface area contributed by atoms with Gasteiger partial charge in [0.1, 0.15) is 17.6 Å². The molecule has 2 fully saturated rings. The first kappa shape index (κ1) is 13.7. The van der Waals surface area contributed by atoms with Crippen LogP contribution >= 0.6 is 0 Å². The molecule has 108 valence electrons. The van der Waals surface area contributed by atoms with Crippen molar-refractivity contribution >= 4 is 5.78 Å². The maximum Gasteiger partial charge on any atom is 0.146 e. The van der Waals surface area contributed by atoms with Gasteiger partial charge in [-0.15, -0.1) is 0 Å². The van der Waals surface area contributed by atoms with Gasteiger partial charge in [0, 0.05) is 6.42 Å². The Hall–Kier alpha value is -1.31. The Labute approximate surface area is 121 Å². The highest BCUT2D eigenvalue weighted by Gasteiger charge is 2.57. The molecule has 0 N–H and O–H groups in total. The van der Waals surface area contributed by atoms with Gasteiger partial charge in [-0.25, -0.2) is 0 Å². The largest absolute Gasteiger partial charge is 0.489 e. The normalized spacial score (nSPS) is 24.8. The van der Waals surface area contributed by atoms with Crippen molar-refractivity contribution in [2.45, 2.75) is 64.4 Å². The van der Waals surface area contributed by atoms with Gasteiger partial charge in [0.25, 0.3) is 0 Å². The summed E-state index contributed by atoms with van der Waals surface area (Å²) in [6.07, 6.45) is 5.11. The number of carbonyl (C=O) groups is 1. The minimum absolute atomic E-state index is 0.109. The molecule has 0 amide bonds. The van der Waals surface area contributed by atoms with E-state index in [9.17, 15) is 4.79 Å². The van der Waals surface area contributed by atoms with E-state index in [1.54, 1.807) is 0 Å². The van der Waals surface area contributed by atoms with E-state index in [0.717, 1.165) is 18.6 Å². The number of ketones is 1. The van der Waals surface area contributed by atoms with Gasteiger partial charge in [0.2, 0.25) is 0 Å². The van der Waals surface area contributed by atoms with Gasteiger partial charge in [-0.3, -0.25) is 4.79 Å². The fraction of sp³-hybridized carbons (Fsp3) is 0.611. The molecular weight excluding hydrogens is 248 g/mol. The second kappa shape index (κ2) is 4.61. The molecule has 0 aliphatic heterocycles.